The highest BCUT2D eigenvalue weighted by atomic mass is 16.6. The Morgan fingerprint density at radius 1 is 0.788 bits per heavy atom. The van der Waals surface area contributed by atoms with E-state index in [2.05, 4.69) is 31.2 Å². The summed E-state index contributed by atoms with van der Waals surface area (Å²) in [4.78, 5) is 49.0. The number of hydrogen-bond acceptors (Lipinski definition) is 8. The first-order valence-corrected chi connectivity index (χ1v) is 17.1. The summed E-state index contributed by atoms with van der Waals surface area (Å²) in [6, 6.07) is 29.6. The molecular formula is C40H46N6O6. The van der Waals surface area contributed by atoms with Crippen molar-refractivity contribution >= 4 is 28.9 Å². The molecule has 4 aromatic carbocycles. The van der Waals surface area contributed by atoms with Crippen LogP contribution in [0.2, 0.25) is 0 Å². The van der Waals surface area contributed by atoms with Gasteiger partial charge in [0.2, 0.25) is 11.8 Å². The fourth-order valence-corrected chi connectivity index (χ4v) is 5.70. The average molecular weight is 707 g/mol. The van der Waals surface area contributed by atoms with Gasteiger partial charge in [0.25, 0.3) is 0 Å². The maximum atomic E-state index is 14.4. The standard InChI is InChI=1S/C40H46N6O6/c1-40(2,3)52-39(50)45-32(23-26-13-7-5-8-14-26)36(47)35(41-24-27-19-21-29(51-4)22-20-27)38(49)46-34(28-15-9-6-10-16-28)37(48)42-25-33-43-30-17-11-12-18-31(30)44-33/h5-22,32,34-36,41,47H,23-25H2,1-4H3,(H,42,48)(H,43,44)(H,45,50)(H,46,49)/t32-,34-,35+,36+/m0/s1. The van der Waals surface area contributed by atoms with E-state index in [0.29, 0.717) is 17.1 Å². The minimum Gasteiger partial charge on any atom is -0.497 e. The molecule has 12 heteroatoms. The van der Waals surface area contributed by atoms with Crippen molar-refractivity contribution in [2.45, 2.75) is 70.1 Å². The van der Waals surface area contributed by atoms with E-state index in [9.17, 15) is 19.5 Å². The van der Waals surface area contributed by atoms with Gasteiger partial charge in [0.05, 0.1) is 36.8 Å². The van der Waals surface area contributed by atoms with E-state index in [1.807, 2.05) is 72.8 Å². The van der Waals surface area contributed by atoms with Gasteiger partial charge in [-0.2, -0.15) is 0 Å². The molecule has 1 heterocycles. The Morgan fingerprint density at radius 2 is 1.44 bits per heavy atom. The van der Waals surface area contributed by atoms with Crippen molar-refractivity contribution < 1.29 is 29.0 Å². The van der Waals surface area contributed by atoms with Crippen LogP contribution in [0, 0.1) is 0 Å². The van der Waals surface area contributed by atoms with Gasteiger partial charge >= 0.3 is 6.09 Å². The molecule has 0 aliphatic heterocycles. The minimum absolute atomic E-state index is 0.0907. The van der Waals surface area contributed by atoms with Crippen molar-refractivity contribution in [1.29, 1.82) is 0 Å². The number of fused-ring (bicyclic) bond motifs is 1. The lowest BCUT2D eigenvalue weighted by atomic mass is 9.95. The molecule has 272 valence electrons. The molecule has 0 bridgehead atoms. The first kappa shape index (κ1) is 37.5. The predicted molar refractivity (Wildman–Crippen MR) is 198 cm³/mol. The number of carbonyl (C=O) groups excluding carboxylic acids is 3. The van der Waals surface area contributed by atoms with Gasteiger partial charge < -0.3 is 35.5 Å². The highest BCUT2D eigenvalue weighted by molar-refractivity contribution is 5.91. The van der Waals surface area contributed by atoms with Crippen LogP contribution in [0.25, 0.3) is 11.0 Å². The minimum atomic E-state index is -1.47. The van der Waals surface area contributed by atoms with Gasteiger partial charge in [-0.3, -0.25) is 14.9 Å². The van der Waals surface area contributed by atoms with Crippen LogP contribution in [-0.4, -0.2) is 63.9 Å². The highest BCUT2D eigenvalue weighted by Crippen LogP contribution is 2.18. The number of rotatable bonds is 15. The van der Waals surface area contributed by atoms with Gasteiger partial charge in [0, 0.05) is 6.54 Å². The van der Waals surface area contributed by atoms with Crippen molar-refractivity contribution in [1.82, 2.24) is 31.2 Å². The molecule has 0 spiro atoms. The Morgan fingerprint density at radius 3 is 2.10 bits per heavy atom. The number of nitrogens with zero attached hydrogens (tertiary/aromatic N) is 1. The number of para-hydroxylation sites is 2. The number of H-pyrrole nitrogens is 1. The number of aromatic nitrogens is 2. The van der Waals surface area contributed by atoms with Gasteiger partial charge in [0.15, 0.2) is 0 Å². The van der Waals surface area contributed by atoms with E-state index < -0.39 is 47.7 Å². The lowest BCUT2D eigenvalue weighted by molar-refractivity contribution is -0.132. The molecule has 52 heavy (non-hydrogen) atoms. The molecular weight excluding hydrogens is 660 g/mol. The molecule has 0 unspecified atom stereocenters. The second-order valence-corrected chi connectivity index (χ2v) is 13.4. The molecule has 6 N–H and O–H groups in total. The summed E-state index contributed by atoms with van der Waals surface area (Å²) in [6.45, 7) is 5.49. The van der Waals surface area contributed by atoms with Crippen LogP contribution in [0.3, 0.4) is 0 Å². The number of hydrogen-bond donors (Lipinski definition) is 6. The van der Waals surface area contributed by atoms with Gasteiger partial charge in [-0.25, -0.2) is 9.78 Å². The van der Waals surface area contributed by atoms with E-state index in [0.717, 1.165) is 22.2 Å². The number of aliphatic hydroxyl groups is 1. The molecule has 1 aromatic heterocycles. The summed E-state index contributed by atoms with van der Waals surface area (Å²) in [5, 5.41) is 23.8. The third-order valence-electron chi connectivity index (χ3n) is 8.27. The Bertz CT molecular complexity index is 1880. The van der Waals surface area contributed by atoms with Crippen LogP contribution in [0.1, 0.15) is 49.3 Å². The normalized spacial score (nSPS) is 13.7. The molecule has 0 saturated carbocycles. The Labute approximate surface area is 303 Å². The zero-order valence-corrected chi connectivity index (χ0v) is 29.8. The molecule has 4 atom stereocenters. The lowest BCUT2D eigenvalue weighted by Gasteiger charge is -2.32. The molecule has 0 fully saturated rings. The fourth-order valence-electron chi connectivity index (χ4n) is 5.70. The topological polar surface area (TPSA) is 167 Å². The first-order valence-electron chi connectivity index (χ1n) is 17.1. The van der Waals surface area contributed by atoms with E-state index >= 15 is 0 Å². The number of aliphatic hydroxyl groups excluding tert-OH is 1. The lowest BCUT2D eigenvalue weighted by Crippen LogP contribution is -2.60. The third-order valence-corrected chi connectivity index (χ3v) is 8.27. The van der Waals surface area contributed by atoms with Crippen molar-refractivity contribution in [3.05, 3.63) is 132 Å². The summed E-state index contributed by atoms with van der Waals surface area (Å²) in [6.07, 6.45) is -2.02. The zero-order chi connectivity index (χ0) is 37.1. The number of ether oxygens (including phenoxy) is 2. The second kappa shape index (κ2) is 17.5. The number of alkyl carbamates (subject to hydrolysis) is 1. The van der Waals surface area contributed by atoms with Crippen LogP contribution in [0.15, 0.2) is 109 Å². The first-order chi connectivity index (χ1) is 25.0. The van der Waals surface area contributed by atoms with E-state index in [1.54, 1.807) is 64.3 Å². The van der Waals surface area contributed by atoms with Gasteiger partial charge in [-0.1, -0.05) is 84.9 Å². The number of carbonyl (C=O) groups is 3. The summed E-state index contributed by atoms with van der Waals surface area (Å²) in [5.74, 6) is 0.0926. The molecule has 0 aliphatic carbocycles. The SMILES string of the molecule is COc1ccc(CN[C@@H](C(=O)N[C@H](C(=O)NCc2nc3ccccc3[nH]2)c2ccccc2)[C@H](O)[C@H](Cc2ccccc2)NC(=O)OC(C)(C)C)cc1. The monoisotopic (exact) mass is 706 g/mol. The number of nitrogens with one attached hydrogen (secondary N) is 5. The number of amides is 3. The smallest absolute Gasteiger partial charge is 0.407 e. The third kappa shape index (κ3) is 10.6. The molecule has 5 rings (SSSR count). The van der Waals surface area contributed by atoms with E-state index in [1.165, 1.54) is 0 Å². The largest absolute Gasteiger partial charge is 0.497 e. The molecule has 0 radical (unpaired) electrons. The molecule has 5 aromatic rings. The van der Waals surface area contributed by atoms with Crippen LogP contribution < -0.4 is 26.0 Å². The average Bonchev–Trinajstić information content (AvgIpc) is 3.56. The predicted octanol–water partition coefficient (Wildman–Crippen LogP) is 4.70. The van der Waals surface area contributed by atoms with Crippen molar-refractivity contribution in [3.63, 3.8) is 0 Å². The molecule has 3 amide bonds. The number of imidazole rings is 1. The van der Waals surface area contributed by atoms with Crippen molar-refractivity contribution in [2.75, 3.05) is 7.11 Å². The Hall–Kier alpha value is -5.72. The second-order valence-electron chi connectivity index (χ2n) is 13.4. The number of methoxy groups -OCH3 is 1. The van der Waals surface area contributed by atoms with Crippen molar-refractivity contribution in [2.24, 2.45) is 0 Å². The number of aromatic amines is 1. The quantitative estimate of drug-likeness (QED) is 0.0912. The van der Waals surface area contributed by atoms with Crippen LogP contribution in [-0.2, 0) is 33.8 Å². The Kier molecular flexibility index (Phi) is 12.6. The fraction of sp³-hybridized carbons (Fsp3) is 0.300. The zero-order valence-electron chi connectivity index (χ0n) is 29.8. The highest BCUT2D eigenvalue weighted by Gasteiger charge is 2.37. The summed E-state index contributed by atoms with van der Waals surface area (Å²) in [5.41, 5.74) is 2.98. The summed E-state index contributed by atoms with van der Waals surface area (Å²) >= 11 is 0. The van der Waals surface area contributed by atoms with Crippen LogP contribution >= 0.6 is 0 Å². The summed E-state index contributed by atoms with van der Waals surface area (Å²) < 4.78 is 10.8. The van der Waals surface area contributed by atoms with Crippen molar-refractivity contribution in [3.8, 4) is 5.75 Å². The van der Waals surface area contributed by atoms with Gasteiger partial charge in [-0.15, -0.1) is 0 Å². The maximum Gasteiger partial charge on any atom is 0.407 e. The Balaban J connectivity index is 1.42. The van der Waals surface area contributed by atoms with Crippen LogP contribution in [0.5, 0.6) is 5.75 Å². The number of benzene rings is 4. The van der Waals surface area contributed by atoms with E-state index in [-0.39, 0.29) is 19.5 Å². The van der Waals surface area contributed by atoms with Gasteiger partial charge in [0.1, 0.15) is 29.3 Å². The van der Waals surface area contributed by atoms with E-state index in [4.69, 9.17) is 9.47 Å². The molecule has 0 saturated heterocycles. The molecule has 12 nitrogen and oxygen atoms in total. The maximum absolute atomic E-state index is 14.4. The molecule has 0 aliphatic rings. The summed E-state index contributed by atoms with van der Waals surface area (Å²) in [7, 11) is 1.57. The van der Waals surface area contributed by atoms with Crippen LogP contribution in [0.4, 0.5) is 4.79 Å². The van der Waals surface area contributed by atoms with Gasteiger partial charge in [-0.05, 0) is 68.1 Å².